The summed E-state index contributed by atoms with van der Waals surface area (Å²) in [5.74, 6) is 1.67. The van der Waals surface area contributed by atoms with Gasteiger partial charge >= 0.3 is 0 Å². The zero-order chi connectivity index (χ0) is 26.6. The second-order valence-electron chi connectivity index (χ2n) is 9.82. The van der Waals surface area contributed by atoms with Crippen LogP contribution in [0.2, 0.25) is 5.02 Å². The Kier molecular flexibility index (Phi) is 5.15. The fraction of sp³-hybridized carbons (Fsp3) is 0. The highest BCUT2D eigenvalue weighted by molar-refractivity contribution is 6.35. The third kappa shape index (κ3) is 3.73. The number of halogens is 1. The van der Waals surface area contributed by atoms with Crippen LogP contribution >= 0.6 is 11.6 Å². The van der Waals surface area contributed by atoms with E-state index in [9.17, 15) is 0 Å². The van der Waals surface area contributed by atoms with E-state index in [1.165, 1.54) is 0 Å². The van der Waals surface area contributed by atoms with Gasteiger partial charge in [-0.3, -0.25) is 0 Å². The summed E-state index contributed by atoms with van der Waals surface area (Å²) in [5, 5.41) is 6.98. The molecule has 0 aliphatic heterocycles. The lowest BCUT2D eigenvalue weighted by Crippen LogP contribution is -2.01. The molecule has 0 N–H and O–H groups in total. The predicted molar refractivity (Wildman–Crippen MR) is 163 cm³/mol. The normalized spacial score (nSPS) is 11.6. The molecule has 0 radical (unpaired) electrons. The highest BCUT2D eigenvalue weighted by Gasteiger charge is 2.20. The van der Waals surface area contributed by atoms with E-state index < -0.39 is 0 Å². The van der Waals surface area contributed by atoms with Crippen molar-refractivity contribution in [2.45, 2.75) is 0 Å². The van der Waals surface area contributed by atoms with Gasteiger partial charge in [0.05, 0.1) is 5.02 Å². The molecule has 0 aliphatic rings. The monoisotopic (exact) mass is 533 g/mol. The molecule has 2 aromatic heterocycles. The smallest absolute Gasteiger partial charge is 0.166 e. The summed E-state index contributed by atoms with van der Waals surface area (Å²) < 4.78 is 6.17. The van der Waals surface area contributed by atoms with Gasteiger partial charge in [0.1, 0.15) is 11.2 Å². The van der Waals surface area contributed by atoms with Gasteiger partial charge < -0.3 is 4.42 Å². The lowest BCUT2D eigenvalue weighted by molar-refractivity contribution is 0.669. The number of fused-ring (bicyclic) bond motifs is 5. The molecule has 0 spiro atoms. The van der Waals surface area contributed by atoms with Crippen molar-refractivity contribution in [3.05, 3.63) is 126 Å². The second kappa shape index (κ2) is 9.01. The van der Waals surface area contributed by atoms with Gasteiger partial charge in [-0.15, -0.1) is 0 Å². The van der Waals surface area contributed by atoms with Crippen molar-refractivity contribution in [2.75, 3.05) is 0 Å². The first-order chi connectivity index (χ1) is 19.7. The van der Waals surface area contributed by atoms with Crippen molar-refractivity contribution in [3.63, 3.8) is 0 Å². The van der Waals surface area contributed by atoms with Crippen LogP contribution in [0.15, 0.2) is 126 Å². The van der Waals surface area contributed by atoms with Crippen LogP contribution in [0.1, 0.15) is 0 Å². The Morgan fingerprint density at radius 3 is 1.68 bits per heavy atom. The summed E-state index contributed by atoms with van der Waals surface area (Å²) in [4.78, 5) is 15.0. The molecule has 6 aromatic carbocycles. The first-order valence-corrected chi connectivity index (χ1v) is 13.4. The maximum atomic E-state index is 6.91. The topological polar surface area (TPSA) is 51.8 Å². The quantitative estimate of drug-likeness (QED) is 0.227. The Morgan fingerprint density at radius 2 is 1.02 bits per heavy atom. The average molecular weight is 534 g/mol. The molecule has 8 aromatic rings. The number of hydrogen-bond donors (Lipinski definition) is 0. The fourth-order valence-electron chi connectivity index (χ4n) is 5.41. The maximum absolute atomic E-state index is 6.91. The number of rotatable bonds is 3. The van der Waals surface area contributed by atoms with Crippen molar-refractivity contribution >= 4 is 55.1 Å². The highest BCUT2D eigenvalue weighted by atomic mass is 35.5. The molecule has 0 bridgehead atoms. The van der Waals surface area contributed by atoms with E-state index in [1.807, 2.05) is 60.7 Å². The fourth-order valence-corrected chi connectivity index (χ4v) is 5.65. The van der Waals surface area contributed by atoms with E-state index >= 15 is 0 Å². The van der Waals surface area contributed by atoms with Gasteiger partial charge in [-0.05, 0) is 51.9 Å². The minimum Gasteiger partial charge on any atom is -0.456 e. The van der Waals surface area contributed by atoms with Crippen LogP contribution in [0, 0.1) is 0 Å². The molecule has 0 aliphatic carbocycles. The van der Waals surface area contributed by atoms with E-state index in [0.29, 0.717) is 22.5 Å². The molecule has 0 unspecified atom stereocenters. The lowest BCUT2D eigenvalue weighted by Gasteiger charge is -2.11. The van der Waals surface area contributed by atoms with Crippen LogP contribution in [0.3, 0.4) is 0 Å². The van der Waals surface area contributed by atoms with Gasteiger partial charge in [0.15, 0.2) is 17.5 Å². The number of hydrogen-bond acceptors (Lipinski definition) is 4. The van der Waals surface area contributed by atoms with Crippen molar-refractivity contribution in [1.82, 2.24) is 15.0 Å². The van der Waals surface area contributed by atoms with Crippen molar-refractivity contribution < 1.29 is 4.42 Å². The highest BCUT2D eigenvalue weighted by Crippen LogP contribution is 2.40. The molecule has 0 saturated heterocycles. The van der Waals surface area contributed by atoms with Crippen molar-refractivity contribution in [2.24, 2.45) is 0 Å². The van der Waals surface area contributed by atoms with Gasteiger partial charge in [-0.2, -0.15) is 0 Å². The average Bonchev–Trinajstić information content (AvgIpc) is 3.39. The Labute approximate surface area is 234 Å². The van der Waals surface area contributed by atoms with Crippen molar-refractivity contribution in [1.29, 1.82) is 0 Å². The van der Waals surface area contributed by atoms with E-state index in [4.69, 9.17) is 31.0 Å². The van der Waals surface area contributed by atoms with Crippen LogP contribution in [0.4, 0.5) is 0 Å². The lowest BCUT2D eigenvalue weighted by atomic mass is 10.0. The SMILES string of the molecule is Clc1ccc2oc3ccccc3c2c1-c1nc(-c2ccc3ccccc3c2)nc(-c2ccc3ccccc3c2)n1. The Morgan fingerprint density at radius 1 is 0.475 bits per heavy atom. The third-order valence-electron chi connectivity index (χ3n) is 7.37. The molecular weight excluding hydrogens is 514 g/mol. The second-order valence-corrected chi connectivity index (χ2v) is 10.2. The van der Waals surface area contributed by atoms with E-state index in [0.717, 1.165) is 60.2 Å². The van der Waals surface area contributed by atoms with Crippen LogP contribution in [-0.2, 0) is 0 Å². The van der Waals surface area contributed by atoms with Gasteiger partial charge in [0.25, 0.3) is 0 Å². The Bertz CT molecular complexity index is 2160. The zero-order valence-corrected chi connectivity index (χ0v) is 21.9. The van der Waals surface area contributed by atoms with Crippen LogP contribution < -0.4 is 0 Å². The molecule has 40 heavy (non-hydrogen) atoms. The van der Waals surface area contributed by atoms with Crippen molar-refractivity contribution in [3.8, 4) is 34.2 Å². The summed E-state index contributed by atoms with van der Waals surface area (Å²) in [6.45, 7) is 0. The van der Waals surface area contributed by atoms with Crippen LogP contribution in [0.5, 0.6) is 0 Å². The summed E-state index contributed by atoms with van der Waals surface area (Å²) in [5.41, 5.74) is 4.07. The van der Waals surface area contributed by atoms with Crippen LogP contribution in [0.25, 0.3) is 77.6 Å². The molecule has 5 heteroatoms. The number of furan rings is 1. The number of para-hydroxylation sites is 1. The number of aromatic nitrogens is 3. The Balaban J connectivity index is 1.43. The minimum atomic E-state index is 0.503. The molecule has 8 rings (SSSR count). The summed E-state index contributed by atoms with van der Waals surface area (Å²) in [6.07, 6.45) is 0. The first-order valence-electron chi connectivity index (χ1n) is 13.1. The zero-order valence-electron chi connectivity index (χ0n) is 21.2. The van der Waals surface area contributed by atoms with E-state index in [-0.39, 0.29) is 0 Å². The third-order valence-corrected chi connectivity index (χ3v) is 7.68. The van der Waals surface area contributed by atoms with Crippen LogP contribution in [-0.4, -0.2) is 15.0 Å². The minimum absolute atomic E-state index is 0.503. The molecule has 4 nitrogen and oxygen atoms in total. The summed E-state index contributed by atoms with van der Waals surface area (Å²) in [6, 6.07) is 40.8. The largest absolute Gasteiger partial charge is 0.456 e. The molecular formula is C35H20ClN3O. The Hall–Kier alpha value is -5.06. The molecule has 0 atom stereocenters. The predicted octanol–water partition coefficient (Wildman–Crippen LogP) is 9.73. The van der Waals surface area contributed by atoms with Gasteiger partial charge in [-0.25, -0.2) is 15.0 Å². The first kappa shape index (κ1) is 22.9. The van der Waals surface area contributed by atoms with Gasteiger partial charge in [-0.1, -0.05) is 103 Å². The molecule has 0 amide bonds. The van der Waals surface area contributed by atoms with Gasteiger partial charge in [0, 0.05) is 27.5 Å². The standard InChI is InChI=1S/C35H20ClN3O/c36-28-17-18-30-31(27-11-5-6-12-29(27)40-30)32(28)35-38-33(25-15-13-21-7-1-3-9-23(21)19-25)37-34(39-35)26-16-14-22-8-2-4-10-24(22)20-26/h1-20H. The number of benzene rings is 6. The summed E-state index contributed by atoms with van der Waals surface area (Å²) >= 11 is 6.91. The molecule has 2 heterocycles. The number of nitrogens with zero attached hydrogens (tertiary/aromatic N) is 3. The molecule has 0 saturated carbocycles. The van der Waals surface area contributed by atoms with E-state index in [2.05, 4.69) is 60.7 Å². The van der Waals surface area contributed by atoms with E-state index in [1.54, 1.807) is 0 Å². The molecule has 0 fully saturated rings. The van der Waals surface area contributed by atoms with Gasteiger partial charge in [0.2, 0.25) is 0 Å². The molecule has 188 valence electrons. The summed E-state index contributed by atoms with van der Waals surface area (Å²) in [7, 11) is 0. The maximum Gasteiger partial charge on any atom is 0.166 e.